The summed E-state index contributed by atoms with van der Waals surface area (Å²) in [5, 5.41) is 0. The van der Waals surface area contributed by atoms with Crippen molar-refractivity contribution in [3.8, 4) is 0 Å². The Labute approximate surface area is 83.8 Å². The van der Waals surface area contributed by atoms with Crippen LogP contribution in [-0.4, -0.2) is 26.4 Å². The van der Waals surface area contributed by atoms with Crippen LogP contribution >= 0.6 is 10.7 Å². The number of rotatable bonds is 2. The first-order valence-electron chi connectivity index (χ1n) is 4.44. The van der Waals surface area contributed by atoms with Crippen LogP contribution in [0.4, 0.5) is 0 Å². The van der Waals surface area contributed by atoms with E-state index in [1.54, 1.807) is 0 Å². The molecule has 1 rings (SSSR count). The SMILES string of the molecule is CC1CC(CS(=O)(=O)Cl)CC(C)O1. The van der Waals surface area contributed by atoms with Gasteiger partial charge in [0.1, 0.15) is 0 Å². The van der Waals surface area contributed by atoms with Crippen LogP contribution in [0.25, 0.3) is 0 Å². The van der Waals surface area contributed by atoms with Crippen molar-refractivity contribution in [2.24, 2.45) is 5.92 Å². The highest BCUT2D eigenvalue weighted by atomic mass is 35.7. The van der Waals surface area contributed by atoms with Gasteiger partial charge in [-0.1, -0.05) is 0 Å². The average Bonchev–Trinajstić information content (AvgIpc) is 1.78. The van der Waals surface area contributed by atoms with E-state index < -0.39 is 9.05 Å². The zero-order valence-electron chi connectivity index (χ0n) is 7.86. The Morgan fingerprint density at radius 3 is 2.15 bits per heavy atom. The van der Waals surface area contributed by atoms with E-state index >= 15 is 0 Å². The molecule has 0 amide bonds. The van der Waals surface area contributed by atoms with Crippen LogP contribution < -0.4 is 0 Å². The van der Waals surface area contributed by atoms with Crippen molar-refractivity contribution >= 4 is 19.7 Å². The topological polar surface area (TPSA) is 43.4 Å². The molecule has 2 atom stereocenters. The molecule has 0 aromatic rings. The van der Waals surface area contributed by atoms with Gasteiger partial charge in [-0.15, -0.1) is 0 Å². The van der Waals surface area contributed by atoms with Gasteiger partial charge < -0.3 is 4.74 Å². The highest BCUT2D eigenvalue weighted by Crippen LogP contribution is 2.26. The van der Waals surface area contributed by atoms with Crippen molar-refractivity contribution in [3.05, 3.63) is 0 Å². The fourth-order valence-electron chi connectivity index (χ4n) is 1.96. The second kappa shape index (κ2) is 4.15. The van der Waals surface area contributed by atoms with E-state index in [4.69, 9.17) is 15.4 Å². The molecule has 1 aliphatic heterocycles. The molecular formula is C8H15ClO3S. The fourth-order valence-corrected chi connectivity index (χ4v) is 3.33. The molecule has 0 aliphatic carbocycles. The Kier molecular flexibility index (Phi) is 3.60. The molecule has 1 aliphatic rings. The molecule has 1 fully saturated rings. The predicted octanol–water partition coefficient (Wildman–Crippen LogP) is 1.76. The minimum Gasteiger partial charge on any atom is -0.376 e. The summed E-state index contributed by atoms with van der Waals surface area (Å²) in [7, 11) is 1.84. The number of hydrogen-bond acceptors (Lipinski definition) is 3. The second-order valence-electron chi connectivity index (χ2n) is 3.80. The first-order valence-corrected chi connectivity index (χ1v) is 6.92. The zero-order chi connectivity index (χ0) is 10.1. The third kappa shape index (κ3) is 4.29. The number of hydrogen-bond donors (Lipinski definition) is 0. The maximum Gasteiger partial charge on any atom is 0.232 e. The summed E-state index contributed by atoms with van der Waals surface area (Å²) in [4.78, 5) is 0. The Morgan fingerprint density at radius 2 is 1.77 bits per heavy atom. The lowest BCUT2D eigenvalue weighted by Crippen LogP contribution is -2.32. The molecule has 0 radical (unpaired) electrons. The molecule has 2 unspecified atom stereocenters. The van der Waals surface area contributed by atoms with Gasteiger partial charge in [0.25, 0.3) is 0 Å². The predicted molar refractivity (Wildman–Crippen MR) is 52.4 cm³/mol. The lowest BCUT2D eigenvalue weighted by Gasteiger charge is -2.31. The summed E-state index contributed by atoms with van der Waals surface area (Å²) in [5.74, 6) is 0.230. The second-order valence-corrected chi connectivity index (χ2v) is 6.62. The summed E-state index contributed by atoms with van der Waals surface area (Å²) in [6.07, 6.45) is 1.87. The highest BCUT2D eigenvalue weighted by molar-refractivity contribution is 8.13. The first kappa shape index (κ1) is 11.3. The van der Waals surface area contributed by atoms with E-state index in [9.17, 15) is 8.42 Å². The maximum atomic E-state index is 10.8. The standard InChI is InChI=1S/C8H15ClO3S/c1-6-3-8(4-7(2)12-6)5-13(9,10)11/h6-8H,3-5H2,1-2H3. The third-order valence-corrected chi connectivity index (χ3v) is 3.48. The van der Waals surface area contributed by atoms with Crippen molar-refractivity contribution in [2.75, 3.05) is 5.75 Å². The van der Waals surface area contributed by atoms with Crippen LogP contribution in [0.1, 0.15) is 26.7 Å². The number of ether oxygens (including phenoxy) is 1. The number of halogens is 1. The van der Waals surface area contributed by atoms with Gasteiger partial charge in [-0.3, -0.25) is 0 Å². The van der Waals surface area contributed by atoms with Crippen LogP contribution in [-0.2, 0) is 13.8 Å². The summed E-state index contributed by atoms with van der Waals surface area (Å²) in [6, 6.07) is 0. The lowest BCUT2D eigenvalue weighted by molar-refractivity contribution is -0.0478. The van der Waals surface area contributed by atoms with E-state index in [0.717, 1.165) is 12.8 Å². The molecule has 0 bridgehead atoms. The van der Waals surface area contributed by atoms with Crippen LogP contribution in [0.15, 0.2) is 0 Å². The Morgan fingerprint density at radius 1 is 1.31 bits per heavy atom. The summed E-state index contributed by atoms with van der Waals surface area (Å²) in [6.45, 7) is 3.92. The van der Waals surface area contributed by atoms with Gasteiger partial charge in [0.05, 0.1) is 18.0 Å². The molecule has 0 saturated carbocycles. The van der Waals surface area contributed by atoms with Crippen molar-refractivity contribution < 1.29 is 13.2 Å². The van der Waals surface area contributed by atoms with E-state index in [-0.39, 0.29) is 23.9 Å². The van der Waals surface area contributed by atoms with E-state index in [1.165, 1.54) is 0 Å². The van der Waals surface area contributed by atoms with Gasteiger partial charge >= 0.3 is 0 Å². The summed E-state index contributed by atoms with van der Waals surface area (Å²) in [5.41, 5.74) is 0. The molecular weight excluding hydrogens is 212 g/mol. The van der Waals surface area contributed by atoms with Crippen molar-refractivity contribution in [1.82, 2.24) is 0 Å². The minimum absolute atomic E-state index is 0.0760. The van der Waals surface area contributed by atoms with Gasteiger partial charge in [-0.25, -0.2) is 8.42 Å². The Bertz CT molecular complexity index is 253. The van der Waals surface area contributed by atoms with Crippen LogP contribution in [0, 0.1) is 5.92 Å². The monoisotopic (exact) mass is 226 g/mol. The molecule has 78 valence electrons. The molecule has 0 aromatic heterocycles. The average molecular weight is 227 g/mol. The molecule has 5 heteroatoms. The minimum atomic E-state index is -3.35. The largest absolute Gasteiger partial charge is 0.376 e. The van der Waals surface area contributed by atoms with Gasteiger partial charge in [0, 0.05) is 10.7 Å². The van der Waals surface area contributed by atoms with Gasteiger partial charge in [-0.2, -0.15) is 0 Å². The molecule has 1 saturated heterocycles. The van der Waals surface area contributed by atoms with Crippen LogP contribution in [0.3, 0.4) is 0 Å². The fraction of sp³-hybridized carbons (Fsp3) is 1.00. The van der Waals surface area contributed by atoms with E-state index in [2.05, 4.69) is 0 Å². The van der Waals surface area contributed by atoms with Crippen molar-refractivity contribution in [3.63, 3.8) is 0 Å². The van der Waals surface area contributed by atoms with Gasteiger partial charge in [-0.05, 0) is 32.6 Å². The van der Waals surface area contributed by atoms with Crippen LogP contribution in [0.2, 0.25) is 0 Å². The molecule has 0 spiro atoms. The summed E-state index contributed by atoms with van der Waals surface area (Å²) >= 11 is 0. The third-order valence-electron chi connectivity index (χ3n) is 2.23. The van der Waals surface area contributed by atoms with Crippen LogP contribution in [0.5, 0.6) is 0 Å². The molecule has 1 heterocycles. The lowest BCUT2D eigenvalue weighted by atomic mass is 9.94. The summed E-state index contributed by atoms with van der Waals surface area (Å²) < 4.78 is 27.2. The molecule has 3 nitrogen and oxygen atoms in total. The van der Waals surface area contributed by atoms with Crippen molar-refractivity contribution in [1.29, 1.82) is 0 Å². The van der Waals surface area contributed by atoms with Crippen molar-refractivity contribution in [2.45, 2.75) is 38.9 Å². The van der Waals surface area contributed by atoms with E-state index in [1.807, 2.05) is 13.8 Å². The smallest absolute Gasteiger partial charge is 0.232 e. The zero-order valence-corrected chi connectivity index (χ0v) is 9.44. The van der Waals surface area contributed by atoms with E-state index in [0.29, 0.717) is 0 Å². The normalized spacial score (nSPS) is 36.1. The molecule has 0 aromatic carbocycles. The quantitative estimate of drug-likeness (QED) is 0.674. The maximum absolute atomic E-state index is 10.8. The van der Waals surface area contributed by atoms with Gasteiger partial charge in [0.15, 0.2) is 0 Å². The molecule has 0 N–H and O–H groups in total. The highest BCUT2D eigenvalue weighted by Gasteiger charge is 2.27. The Hall–Kier alpha value is 0.200. The van der Waals surface area contributed by atoms with Gasteiger partial charge in [0.2, 0.25) is 9.05 Å². The Balaban J connectivity index is 2.51. The first-order chi connectivity index (χ1) is 5.87. The molecule has 13 heavy (non-hydrogen) atoms.